The van der Waals surface area contributed by atoms with E-state index in [0.717, 1.165) is 12.2 Å². The number of rotatable bonds is 10. The van der Waals surface area contributed by atoms with Crippen LogP contribution in [0.25, 0.3) is 0 Å². The zero-order chi connectivity index (χ0) is 20.6. The van der Waals surface area contributed by atoms with E-state index in [1.165, 1.54) is 5.56 Å². The first-order valence-electron chi connectivity index (χ1n) is 9.65. The maximum Gasteiger partial charge on any atom is 0.224 e. The third kappa shape index (κ3) is 5.91. The molecule has 152 valence electrons. The Morgan fingerprint density at radius 2 is 1.68 bits per heavy atom. The number of carbonyl (C=O) groups is 1. The van der Waals surface area contributed by atoms with E-state index in [0.29, 0.717) is 36.6 Å². The van der Waals surface area contributed by atoms with Gasteiger partial charge in [0.2, 0.25) is 5.91 Å². The predicted molar refractivity (Wildman–Crippen MR) is 113 cm³/mol. The molecule has 0 bridgehead atoms. The van der Waals surface area contributed by atoms with E-state index in [4.69, 9.17) is 14.2 Å². The standard InChI is InChI=1S/C23H31NO4/c1-6-23(2,3)17-9-11-18(12-10-17)28-15-7-8-22(25)24-20-16-19(26-4)13-14-21(20)27-5/h9-14,16H,6-8,15H2,1-5H3,(H,24,25). The van der Waals surface area contributed by atoms with E-state index < -0.39 is 0 Å². The fraction of sp³-hybridized carbons (Fsp3) is 0.435. The summed E-state index contributed by atoms with van der Waals surface area (Å²) in [6, 6.07) is 13.5. The first-order chi connectivity index (χ1) is 13.4. The molecule has 5 nitrogen and oxygen atoms in total. The van der Waals surface area contributed by atoms with Gasteiger partial charge in [0, 0.05) is 12.5 Å². The highest BCUT2D eigenvalue weighted by Crippen LogP contribution is 2.29. The van der Waals surface area contributed by atoms with Crippen molar-refractivity contribution in [1.82, 2.24) is 0 Å². The van der Waals surface area contributed by atoms with Crippen LogP contribution in [0.2, 0.25) is 0 Å². The van der Waals surface area contributed by atoms with Gasteiger partial charge in [0.15, 0.2) is 0 Å². The van der Waals surface area contributed by atoms with Gasteiger partial charge in [0.05, 0.1) is 26.5 Å². The summed E-state index contributed by atoms with van der Waals surface area (Å²) in [5, 5.41) is 2.87. The largest absolute Gasteiger partial charge is 0.497 e. The maximum atomic E-state index is 12.2. The zero-order valence-corrected chi connectivity index (χ0v) is 17.5. The van der Waals surface area contributed by atoms with Crippen molar-refractivity contribution in [2.24, 2.45) is 0 Å². The van der Waals surface area contributed by atoms with Gasteiger partial charge in [-0.05, 0) is 48.1 Å². The number of hydrogen-bond acceptors (Lipinski definition) is 4. The summed E-state index contributed by atoms with van der Waals surface area (Å²) >= 11 is 0. The van der Waals surface area contributed by atoms with Crippen molar-refractivity contribution in [3.63, 3.8) is 0 Å². The van der Waals surface area contributed by atoms with Gasteiger partial charge in [-0.1, -0.05) is 32.9 Å². The smallest absolute Gasteiger partial charge is 0.224 e. The molecule has 5 heteroatoms. The number of anilines is 1. The molecular formula is C23H31NO4. The fourth-order valence-electron chi connectivity index (χ4n) is 2.75. The minimum absolute atomic E-state index is 0.0878. The summed E-state index contributed by atoms with van der Waals surface area (Å²) in [7, 11) is 3.15. The summed E-state index contributed by atoms with van der Waals surface area (Å²) < 4.78 is 16.2. The predicted octanol–water partition coefficient (Wildman–Crippen LogP) is 5.19. The highest BCUT2D eigenvalue weighted by molar-refractivity contribution is 5.92. The number of ether oxygens (including phenoxy) is 3. The third-order valence-electron chi connectivity index (χ3n) is 5.02. The van der Waals surface area contributed by atoms with Gasteiger partial charge in [-0.3, -0.25) is 4.79 Å². The van der Waals surface area contributed by atoms with Crippen LogP contribution in [-0.2, 0) is 10.2 Å². The molecule has 0 aliphatic carbocycles. The minimum atomic E-state index is -0.0878. The van der Waals surface area contributed by atoms with E-state index in [9.17, 15) is 4.79 Å². The molecule has 0 saturated carbocycles. The second-order valence-corrected chi connectivity index (χ2v) is 7.33. The third-order valence-corrected chi connectivity index (χ3v) is 5.02. The van der Waals surface area contributed by atoms with Gasteiger partial charge in [0.25, 0.3) is 0 Å². The molecule has 0 heterocycles. The summed E-state index contributed by atoms with van der Waals surface area (Å²) in [6.45, 7) is 7.15. The Morgan fingerprint density at radius 3 is 2.29 bits per heavy atom. The highest BCUT2D eigenvalue weighted by Gasteiger charge is 2.17. The average molecular weight is 386 g/mol. The van der Waals surface area contributed by atoms with Crippen LogP contribution in [0.15, 0.2) is 42.5 Å². The molecule has 0 fully saturated rings. The molecule has 1 N–H and O–H groups in total. The monoisotopic (exact) mass is 385 g/mol. The summed E-state index contributed by atoms with van der Waals surface area (Å²) in [5.41, 5.74) is 2.06. The Balaban J connectivity index is 1.80. The van der Waals surface area contributed by atoms with Crippen molar-refractivity contribution in [3.05, 3.63) is 48.0 Å². The van der Waals surface area contributed by atoms with Gasteiger partial charge in [-0.2, -0.15) is 0 Å². The molecule has 0 aliphatic heterocycles. The Hall–Kier alpha value is -2.69. The van der Waals surface area contributed by atoms with Gasteiger partial charge in [-0.25, -0.2) is 0 Å². The quantitative estimate of drug-likeness (QED) is 0.572. The van der Waals surface area contributed by atoms with Crippen LogP contribution in [0.1, 0.15) is 45.6 Å². The van der Waals surface area contributed by atoms with Crippen LogP contribution < -0.4 is 19.5 Å². The molecule has 0 aromatic heterocycles. The number of hydrogen-bond donors (Lipinski definition) is 1. The summed E-state index contributed by atoms with van der Waals surface area (Å²) in [5.74, 6) is 2.00. The van der Waals surface area contributed by atoms with Gasteiger partial charge >= 0.3 is 0 Å². The first-order valence-corrected chi connectivity index (χ1v) is 9.65. The van der Waals surface area contributed by atoms with Crippen molar-refractivity contribution in [2.75, 3.05) is 26.1 Å². The number of nitrogens with one attached hydrogen (secondary N) is 1. The SMILES string of the molecule is CCC(C)(C)c1ccc(OCCCC(=O)Nc2cc(OC)ccc2OC)cc1. The van der Waals surface area contributed by atoms with Crippen molar-refractivity contribution >= 4 is 11.6 Å². The van der Waals surface area contributed by atoms with E-state index in [-0.39, 0.29) is 11.3 Å². The molecule has 2 aromatic rings. The molecule has 0 spiro atoms. The van der Waals surface area contributed by atoms with Gasteiger partial charge < -0.3 is 19.5 Å². The first kappa shape index (κ1) is 21.6. The van der Waals surface area contributed by atoms with Gasteiger partial charge in [-0.15, -0.1) is 0 Å². The molecule has 0 unspecified atom stereocenters. The lowest BCUT2D eigenvalue weighted by molar-refractivity contribution is -0.116. The van der Waals surface area contributed by atoms with Crippen molar-refractivity contribution < 1.29 is 19.0 Å². The van der Waals surface area contributed by atoms with E-state index in [1.54, 1.807) is 32.4 Å². The maximum absolute atomic E-state index is 12.2. The van der Waals surface area contributed by atoms with Crippen LogP contribution in [0, 0.1) is 0 Å². The Kier molecular flexibility index (Phi) is 7.73. The average Bonchev–Trinajstić information content (AvgIpc) is 2.71. The lowest BCUT2D eigenvalue weighted by atomic mass is 9.82. The number of methoxy groups -OCH3 is 2. The van der Waals surface area contributed by atoms with Crippen molar-refractivity contribution in [1.29, 1.82) is 0 Å². The van der Waals surface area contributed by atoms with Crippen molar-refractivity contribution in [3.8, 4) is 17.2 Å². The van der Waals surface area contributed by atoms with Crippen LogP contribution in [0.4, 0.5) is 5.69 Å². The molecular weight excluding hydrogens is 354 g/mol. The molecule has 0 radical (unpaired) electrons. The highest BCUT2D eigenvalue weighted by atomic mass is 16.5. The second-order valence-electron chi connectivity index (χ2n) is 7.33. The Bertz CT molecular complexity index is 769. The van der Waals surface area contributed by atoms with E-state index in [2.05, 4.69) is 38.2 Å². The molecule has 0 aliphatic rings. The zero-order valence-electron chi connectivity index (χ0n) is 17.5. The van der Waals surface area contributed by atoms with Gasteiger partial charge in [0.1, 0.15) is 17.2 Å². The molecule has 2 aromatic carbocycles. The molecule has 0 atom stereocenters. The fourth-order valence-corrected chi connectivity index (χ4v) is 2.75. The van der Waals surface area contributed by atoms with E-state index in [1.807, 2.05) is 12.1 Å². The Labute approximate surface area is 168 Å². The second kappa shape index (κ2) is 10.0. The lowest BCUT2D eigenvalue weighted by Gasteiger charge is -2.23. The van der Waals surface area contributed by atoms with E-state index >= 15 is 0 Å². The van der Waals surface area contributed by atoms with Crippen LogP contribution in [0.5, 0.6) is 17.2 Å². The summed E-state index contributed by atoms with van der Waals surface area (Å²) in [6.07, 6.45) is 2.07. The Morgan fingerprint density at radius 1 is 1.00 bits per heavy atom. The lowest BCUT2D eigenvalue weighted by Crippen LogP contribution is -2.15. The number of carbonyl (C=O) groups excluding carboxylic acids is 1. The van der Waals surface area contributed by atoms with Crippen molar-refractivity contribution in [2.45, 2.75) is 45.4 Å². The topological polar surface area (TPSA) is 56.8 Å². The molecule has 28 heavy (non-hydrogen) atoms. The minimum Gasteiger partial charge on any atom is -0.497 e. The normalized spacial score (nSPS) is 11.0. The molecule has 2 rings (SSSR count). The number of benzene rings is 2. The van der Waals surface area contributed by atoms with Crippen LogP contribution in [-0.4, -0.2) is 26.7 Å². The number of amides is 1. The van der Waals surface area contributed by atoms with Crippen LogP contribution in [0.3, 0.4) is 0 Å². The molecule has 1 amide bonds. The summed E-state index contributed by atoms with van der Waals surface area (Å²) in [4.78, 5) is 12.2. The van der Waals surface area contributed by atoms with Crippen LogP contribution >= 0.6 is 0 Å². The molecule has 0 saturated heterocycles.